The van der Waals surface area contributed by atoms with Crippen LogP contribution in [-0.4, -0.2) is 55.1 Å². The fourth-order valence-corrected chi connectivity index (χ4v) is 3.39. The van der Waals surface area contributed by atoms with E-state index in [4.69, 9.17) is 0 Å². The van der Waals surface area contributed by atoms with Crippen molar-refractivity contribution in [2.24, 2.45) is 0 Å². The van der Waals surface area contributed by atoms with Crippen LogP contribution in [0.4, 0.5) is 8.78 Å². The van der Waals surface area contributed by atoms with Crippen molar-refractivity contribution in [3.8, 4) is 10.6 Å². The maximum Gasteiger partial charge on any atom is 0.270 e. The molecular formula is C16H19ClF2N4OS. The molecule has 1 fully saturated rings. The fourth-order valence-electron chi connectivity index (χ4n) is 2.55. The molecule has 1 aromatic heterocycles. The molecule has 25 heavy (non-hydrogen) atoms. The summed E-state index contributed by atoms with van der Waals surface area (Å²) >= 11 is 1.05. The Morgan fingerprint density at radius 2 is 1.96 bits per heavy atom. The lowest BCUT2D eigenvalue weighted by molar-refractivity contribution is 0.0943. The van der Waals surface area contributed by atoms with Crippen molar-refractivity contribution in [2.45, 2.75) is 0 Å². The molecule has 0 saturated carbocycles. The molecule has 1 aliphatic heterocycles. The largest absolute Gasteiger partial charge is 0.349 e. The molecule has 0 atom stereocenters. The van der Waals surface area contributed by atoms with E-state index in [2.05, 4.69) is 20.5 Å². The molecule has 0 spiro atoms. The Hall–Kier alpha value is -1.61. The van der Waals surface area contributed by atoms with Crippen LogP contribution in [-0.2, 0) is 0 Å². The van der Waals surface area contributed by atoms with Crippen LogP contribution in [0.3, 0.4) is 0 Å². The summed E-state index contributed by atoms with van der Waals surface area (Å²) in [6.45, 7) is 5.12. The van der Waals surface area contributed by atoms with E-state index in [1.807, 2.05) is 0 Å². The molecule has 1 amide bonds. The van der Waals surface area contributed by atoms with Gasteiger partial charge >= 0.3 is 0 Å². The first-order valence-corrected chi connectivity index (χ1v) is 8.64. The topological polar surface area (TPSA) is 57.3 Å². The number of nitrogens with zero attached hydrogens (tertiary/aromatic N) is 2. The van der Waals surface area contributed by atoms with Gasteiger partial charge in [-0.2, -0.15) is 0 Å². The molecule has 2 N–H and O–H groups in total. The maximum atomic E-state index is 13.8. The Kier molecular flexibility index (Phi) is 7.24. The molecule has 9 heteroatoms. The van der Waals surface area contributed by atoms with Crippen LogP contribution < -0.4 is 10.6 Å². The average Bonchev–Trinajstić information content (AvgIpc) is 3.05. The molecule has 2 heterocycles. The Morgan fingerprint density at radius 3 is 2.64 bits per heavy atom. The lowest BCUT2D eigenvalue weighted by Crippen LogP contribution is -2.46. The van der Waals surface area contributed by atoms with Crippen molar-refractivity contribution in [1.82, 2.24) is 20.5 Å². The predicted octanol–water partition coefficient (Wildman–Crippen LogP) is 2.15. The number of benzene rings is 1. The third kappa shape index (κ3) is 4.94. The number of piperazine rings is 1. The van der Waals surface area contributed by atoms with E-state index >= 15 is 0 Å². The van der Waals surface area contributed by atoms with Crippen LogP contribution in [0.5, 0.6) is 0 Å². The number of halogens is 3. The number of hydrogen-bond acceptors (Lipinski definition) is 5. The van der Waals surface area contributed by atoms with E-state index in [9.17, 15) is 13.6 Å². The second-order valence-electron chi connectivity index (χ2n) is 5.48. The summed E-state index contributed by atoms with van der Waals surface area (Å²) in [5, 5.41) is 7.74. The number of aromatic nitrogens is 1. The highest BCUT2D eigenvalue weighted by atomic mass is 35.5. The monoisotopic (exact) mass is 388 g/mol. The molecule has 3 rings (SSSR count). The minimum atomic E-state index is -0.685. The zero-order chi connectivity index (χ0) is 16.9. The first-order valence-electron chi connectivity index (χ1n) is 7.76. The minimum Gasteiger partial charge on any atom is -0.349 e. The number of rotatable bonds is 5. The van der Waals surface area contributed by atoms with Gasteiger partial charge in [-0.05, 0) is 12.1 Å². The van der Waals surface area contributed by atoms with Gasteiger partial charge in [0.15, 0.2) is 0 Å². The molecule has 1 aromatic carbocycles. The molecule has 0 aliphatic carbocycles. The normalized spacial score (nSPS) is 14.8. The van der Waals surface area contributed by atoms with Gasteiger partial charge in [0, 0.05) is 44.6 Å². The van der Waals surface area contributed by atoms with E-state index in [0.717, 1.165) is 44.1 Å². The van der Waals surface area contributed by atoms with Crippen LogP contribution in [0.25, 0.3) is 10.6 Å². The zero-order valence-electron chi connectivity index (χ0n) is 13.4. The minimum absolute atomic E-state index is 0. The Labute approximate surface area is 154 Å². The van der Waals surface area contributed by atoms with Gasteiger partial charge in [-0.25, -0.2) is 13.8 Å². The Morgan fingerprint density at radius 1 is 1.28 bits per heavy atom. The number of nitrogens with one attached hydrogen (secondary N) is 2. The first-order chi connectivity index (χ1) is 11.6. The fraction of sp³-hybridized carbons (Fsp3) is 0.375. The smallest absolute Gasteiger partial charge is 0.270 e. The lowest BCUT2D eigenvalue weighted by Gasteiger charge is -2.26. The van der Waals surface area contributed by atoms with Crippen molar-refractivity contribution >= 4 is 29.7 Å². The molecule has 136 valence electrons. The van der Waals surface area contributed by atoms with E-state index in [-0.39, 0.29) is 34.6 Å². The number of amides is 1. The van der Waals surface area contributed by atoms with Crippen LogP contribution in [0, 0.1) is 11.6 Å². The average molecular weight is 389 g/mol. The van der Waals surface area contributed by atoms with E-state index < -0.39 is 11.6 Å². The summed E-state index contributed by atoms with van der Waals surface area (Å²) < 4.78 is 27.5. The zero-order valence-corrected chi connectivity index (χ0v) is 15.1. The highest BCUT2D eigenvalue weighted by Gasteiger charge is 2.17. The van der Waals surface area contributed by atoms with Crippen molar-refractivity contribution in [3.05, 3.63) is 40.9 Å². The Balaban J connectivity index is 0.00000225. The molecule has 0 unspecified atom stereocenters. The van der Waals surface area contributed by atoms with Gasteiger partial charge in [0.2, 0.25) is 0 Å². The SMILES string of the molecule is Cl.O=C(NCCN1CCNCC1)c1csc(-c2c(F)cccc2F)n1. The molecule has 2 aromatic rings. The molecule has 0 radical (unpaired) electrons. The summed E-state index contributed by atoms with van der Waals surface area (Å²) in [6.07, 6.45) is 0. The number of carbonyl (C=O) groups excluding carboxylic acids is 1. The number of thiazole rings is 1. The third-order valence-electron chi connectivity index (χ3n) is 3.84. The summed E-state index contributed by atoms with van der Waals surface area (Å²) in [5.41, 5.74) is -0.0136. The van der Waals surface area contributed by atoms with Gasteiger partial charge in [0.25, 0.3) is 5.91 Å². The highest BCUT2D eigenvalue weighted by molar-refractivity contribution is 7.13. The molecular weight excluding hydrogens is 370 g/mol. The van der Waals surface area contributed by atoms with Crippen molar-refractivity contribution in [2.75, 3.05) is 39.3 Å². The van der Waals surface area contributed by atoms with Gasteiger partial charge in [0.05, 0.1) is 5.56 Å². The lowest BCUT2D eigenvalue weighted by atomic mass is 10.2. The second-order valence-corrected chi connectivity index (χ2v) is 6.34. The van der Waals surface area contributed by atoms with Crippen molar-refractivity contribution in [3.63, 3.8) is 0 Å². The maximum absolute atomic E-state index is 13.8. The number of carbonyl (C=O) groups is 1. The van der Waals surface area contributed by atoms with Gasteiger partial charge < -0.3 is 10.6 Å². The standard InChI is InChI=1S/C16H18F2N4OS.ClH/c17-11-2-1-3-12(18)14(11)16-21-13(10-24-16)15(23)20-6-9-22-7-4-19-5-8-22;/h1-3,10,19H,4-9H2,(H,20,23);1H. The molecule has 0 bridgehead atoms. The summed E-state index contributed by atoms with van der Waals surface area (Å²) in [6, 6.07) is 3.64. The van der Waals surface area contributed by atoms with E-state index in [1.165, 1.54) is 23.6 Å². The Bertz CT molecular complexity index is 702. The van der Waals surface area contributed by atoms with Crippen LogP contribution >= 0.6 is 23.7 Å². The third-order valence-corrected chi connectivity index (χ3v) is 4.70. The van der Waals surface area contributed by atoms with Crippen LogP contribution in [0.1, 0.15) is 10.5 Å². The van der Waals surface area contributed by atoms with Gasteiger partial charge in [-0.3, -0.25) is 9.69 Å². The molecule has 5 nitrogen and oxygen atoms in total. The van der Waals surface area contributed by atoms with E-state index in [1.54, 1.807) is 0 Å². The van der Waals surface area contributed by atoms with Crippen molar-refractivity contribution in [1.29, 1.82) is 0 Å². The van der Waals surface area contributed by atoms with E-state index in [0.29, 0.717) is 6.54 Å². The highest BCUT2D eigenvalue weighted by Crippen LogP contribution is 2.28. The summed E-state index contributed by atoms with van der Waals surface area (Å²) in [7, 11) is 0. The quantitative estimate of drug-likeness (QED) is 0.824. The summed E-state index contributed by atoms with van der Waals surface area (Å²) in [4.78, 5) is 18.4. The molecule has 1 saturated heterocycles. The molecule has 1 aliphatic rings. The summed E-state index contributed by atoms with van der Waals surface area (Å²) in [5.74, 6) is -1.70. The second kappa shape index (κ2) is 9.19. The van der Waals surface area contributed by atoms with Gasteiger partial charge in [-0.1, -0.05) is 6.07 Å². The van der Waals surface area contributed by atoms with Crippen LogP contribution in [0.2, 0.25) is 0 Å². The van der Waals surface area contributed by atoms with Crippen LogP contribution in [0.15, 0.2) is 23.6 Å². The number of hydrogen-bond donors (Lipinski definition) is 2. The van der Waals surface area contributed by atoms with Gasteiger partial charge in [0.1, 0.15) is 22.3 Å². The van der Waals surface area contributed by atoms with Gasteiger partial charge in [-0.15, -0.1) is 23.7 Å². The first kappa shape index (κ1) is 19.7. The van der Waals surface area contributed by atoms with Crippen molar-refractivity contribution < 1.29 is 13.6 Å². The predicted molar refractivity (Wildman–Crippen MR) is 96.4 cm³/mol.